The monoisotopic (exact) mass is 436 g/mol. The van der Waals surface area contributed by atoms with Crippen LogP contribution in [-0.4, -0.2) is 51.7 Å². The van der Waals surface area contributed by atoms with Gasteiger partial charge in [-0.15, -0.1) is 0 Å². The maximum atomic E-state index is 13.1. The predicted molar refractivity (Wildman–Crippen MR) is 100 cm³/mol. The number of methoxy groups -OCH3 is 3. The van der Waals surface area contributed by atoms with Crippen LogP contribution in [0.15, 0.2) is 46.5 Å². The fourth-order valence-electron chi connectivity index (χ4n) is 2.58. The molecule has 0 aliphatic rings. The summed E-state index contributed by atoms with van der Waals surface area (Å²) in [6, 6.07) is 9.50. The summed E-state index contributed by atoms with van der Waals surface area (Å²) >= 11 is -0.147. The van der Waals surface area contributed by atoms with E-state index in [1.807, 2.05) is 4.94 Å². The van der Waals surface area contributed by atoms with Crippen molar-refractivity contribution in [3.8, 4) is 28.5 Å². The standard InChI is InChI=1S/C19H17FN2O4Se/c1-24-15-8-12(9-16(25-2)18(15)26-3)17(22-23)19-21-14(10-27-19)11-4-6-13(20)7-5-11/h4-10,23H,1-3H3/b22-17-. The molecule has 0 saturated carbocycles. The molecule has 0 unspecified atom stereocenters. The molecule has 0 bridgehead atoms. The van der Waals surface area contributed by atoms with Gasteiger partial charge in [-0.25, -0.2) is 0 Å². The van der Waals surface area contributed by atoms with Crippen LogP contribution >= 0.6 is 0 Å². The SMILES string of the molecule is COc1cc(/C(=N/O)c2nc(-c3ccc(F)cc3)c[se]2)cc(OC)c1OC. The van der Waals surface area contributed by atoms with E-state index in [4.69, 9.17) is 14.2 Å². The van der Waals surface area contributed by atoms with Gasteiger partial charge in [-0.05, 0) is 0 Å². The molecule has 6 nitrogen and oxygen atoms in total. The third-order valence-corrected chi connectivity index (χ3v) is 5.67. The summed E-state index contributed by atoms with van der Waals surface area (Å²) in [5.74, 6) is 1.05. The van der Waals surface area contributed by atoms with Gasteiger partial charge in [0.2, 0.25) is 0 Å². The molecule has 3 rings (SSSR count). The minimum absolute atomic E-state index is 0.147. The van der Waals surface area contributed by atoms with Gasteiger partial charge in [0.1, 0.15) is 0 Å². The van der Waals surface area contributed by atoms with Crippen LogP contribution in [0.3, 0.4) is 0 Å². The Bertz CT molecular complexity index is 945. The van der Waals surface area contributed by atoms with Crippen LogP contribution in [0.25, 0.3) is 11.3 Å². The van der Waals surface area contributed by atoms with Crippen LogP contribution in [0.1, 0.15) is 10.1 Å². The molecule has 8 heteroatoms. The second-order valence-electron chi connectivity index (χ2n) is 5.41. The van der Waals surface area contributed by atoms with Gasteiger partial charge in [0, 0.05) is 0 Å². The Hall–Kier alpha value is -2.83. The Morgan fingerprint density at radius 3 is 2.19 bits per heavy atom. The molecule has 1 N–H and O–H groups in total. The van der Waals surface area contributed by atoms with E-state index in [9.17, 15) is 9.60 Å². The van der Waals surface area contributed by atoms with E-state index in [0.717, 1.165) is 11.3 Å². The van der Waals surface area contributed by atoms with E-state index in [-0.39, 0.29) is 20.3 Å². The number of ether oxygens (including phenoxy) is 3. The van der Waals surface area contributed by atoms with E-state index in [1.54, 1.807) is 24.3 Å². The molecule has 1 aromatic heterocycles. The average molecular weight is 435 g/mol. The molecular weight excluding hydrogens is 418 g/mol. The Morgan fingerprint density at radius 1 is 1.04 bits per heavy atom. The Kier molecular flexibility index (Phi) is 5.78. The van der Waals surface area contributed by atoms with Crippen LogP contribution < -0.4 is 14.2 Å². The van der Waals surface area contributed by atoms with Gasteiger partial charge in [-0.2, -0.15) is 0 Å². The van der Waals surface area contributed by atoms with Crippen molar-refractivity contribution in [3.63, 3.8) is 0 Å². The number of hydrogen-bond donors (Lipinski definition) is 1. The van der Waals surface area contributed by atoms with Crippen LogP contribution in [0.5, 0.6) is 17.2 Å². The first-order valence-electron chi connectivity index (χ1n) is 7.85. The van der Waals surface area contributed by atoms with Crippen molar-refractivity contribution in [1.29, 1.82) is 0 Å². The van der Waals surface area contributed by atoms with Crippen molar-refractivity contribution in [3.05, 3.63) is 57.3 Å². The maximum absolute atomic E-state index is 13.1. The van der Waals surface area contributed by atoms with Gasteiger partial charge in [-0.3, -0.25) is 0 Å². The van der Waals surface area contributed by atoms with E-state index >= 15 is 0 Å². The van der Waals surface area contributed by atoms with E-state index < -0.39 is 0 Å². The average Bonchev–Trinajstić information content (AvgIpc) is 3.18. The number of aromatic nitrogens is 1. The minimum atomic E-state index is -0.304. The van der Waals surface area contributed by atoms with Crippen LogP contribution in [-0.2, 0) is 0 Å². The first-order valence-corrected chi connectivity index (χ1v) is 9.70. The summed E-state index contributed by atoms with van der Waals surface area (Å²) in [6.07, 6.45) is 0. The molecule has 0 aliphatic heterocycles. The third kappa shape index (κ3) is 3.82. The molecule has 3 aromatic rings. The van der Waals surface area contributed by atoms with Gasteiger partial charge in [-0.1, -0.05) is 0 Å². The molecule has 0 fully saturated rings. The fraction of sp³-hybridized carbons (Fsp3) is 0.158. The molecule has 0 aliphatic carbocycles. The van der Waals surface area contributed by atoms with Crippen molar-refractivity contribution in [2.45, 2.75) is 0 Å². The molecule has 0 saturated heterocycles. The van der Waals surface area contributed by atoms with Gasteiger partial charge in [0.15, 0.2) is 0 Å². The molecule has 0 atom stereocenters. The number of halogens is 1. The molecular formula is C19H17FN2O4Se. The topological polar surface area (TPSA) is 73.2 Å². The molecule has 27 heavy (non-hydrogen) atoms. The first-order chi connectivity index (χ1) is 13.1. The quantitative estimate of drug-likeness (QED) is 0.279. The van der Waals surface area contributed by atoms with Crippen molar-refractivity contribution < 1.29 is 23.8 Å². The van der Waals surface area contributed by atoms with E-state index in [1.165, 1.54) is 33.5 Å². The summed E-state index contributed by atoms with van der Waals surface area (Å²) in [5, 5.41) is 13.1. The number of hydrogen-bond acceptors (Lipinski definition) is 6. The summed E-state index contributed by atoms with van der Waals surface area (Å²) in [5.41, 5.74) is 2.43. The van der Waals surface area contributed by atoms with Crippen molar-refractivity contribution in [2.24, 2.45) is 5.16 Å². The summed E-state index contributed by atoms with van der Waals surface area (Å²) in [7, 11) is 4.55. The molecule has 2 aromatic carbocycles. The number of oxime groups is 1. The molecule has 0 radical (unpaired) electrons. The third-order valence-electron chi connectivity index (χ3n) is 3.88. The van der Waals surface area contributed by atoms with E-state index in [0.29, 0.717) is 33.1 Å². The van der Waals surface area contributed by atoms with Gasteiger partial charge in [0.25, 0.3) is 0 Å². The molecule has 1 heterocycles. The zero-order chi connectivity index (χ0) is 19.4. The molecule has 0 spiro atoms. The van der Waals surface area contributed by atoms with E-state index in [2.05, 4.69) is 10.1 Å². The van der Waals surface area contributed by atoms with Crippen LogP contribution in [0, 0.1) is 5.82 Å². The predicted octanol–water partition coefficient (Wildman–Crippen LogP) is 3.20. The van der Waals surface area contributed by atoms with Gasteiger partial charge in [0.05, 0.1) is 0 Å². The van der Waals surface area contributed by atoms with Crippen LogP contribution in [0.4, 0.5) is 4.39 Å². The summed E-state index contributed by atoms with van der Waals surface area (Å²) in [4.78, 5) is 6.53. The molecule has 140 valence electrons. The normalized spacial score (nSPS) is 11.3. The van der Waals surface area contributed by atoms with Gasteiger partial charge >= 0.3 is 161 Å². The first kappa shape index (κ1) is 18.9. The van der Waals surface area contributed by atoms with Crippen molar-refractivity contribution in [1.82, 2.24) is 4.98 Å². The zero-order valence-electron chi connectivity index (χ0n) is 14.9. The fourth-order valence-corrected chi connectivity index (χ4v) is 4.33. The summed E-state index contributed by atoms with van der Waals surface area (Å²) in [6.45, 7) is 0. The number of rotatable bonds is 6. The molecule has 0 amide bonds. The van der Waals surface area contributed by atoms with Gasteiger partial charge < -0.3 is 0 Å². The zero-order valence-corrected chi connectivity index (χ0v) is 16.6. The number of nitrogens with zero attached hydrogens (tertiary/aromatic N) is 2. The second-order valence-corrected chi connectivity index (χ2v) is 7.21. The Balaban J connectivity index is 2.02. The second kappa shape index (κ2) is 8.24. The van der Waals surface area contributed by atoms with Crippen molar-refractivity contribution >= 4 is 20.2 Å². The Morgan fingerprint density at radius 2 is 1.67 bits per heavy atom. The van der Waals surface area contributed by atoms with Crippen LogP contribution in [0.2, 0.25) is 0 Å². The Labute approximate surface area is 161 Å². The summed E-state index contributed by atoms with van der Waals surface area (Å²) < 4.78 is 29.8. The number of benzene rings is 2. The van der Waals surface area contributed by atoms with Crippen molar-refractivity contribution in [2.75, 3.05) is 21.3 Å².